The largest absolute Gasteiger partial charge is 0.494 e. The number of aromatic nitrogens is 1. The molecule has 180 valence electrons. The summed E-state index contributed by atoms with van der Waals surface area (Å²) in [4.78, 5) is 29.0. The number of hydrogen-bond donors (Lipinski definition) is 1. The molecule has 0 bridgehead atoms. The smallest absolute Gasteiger partial charge is 0.271 e. The summed E-state index contributed by atoms with van der Waals surface area (Å²) < 4.78 is 7.55. The van der Waals surface area contributed by atoms with Crippen molar-refractivity contribution < 1.29 is 14.3 Å². The van der Waals surface area contributed by atoms with Crippen LogP contribution >= 0.6 is 0 Å². The van der Waals surface area contributed by atoms with E-state index in [1.165, 1.54) is 0 Å². The summed E-state index contributed by atoms with van der Waals surface area (Å²) in [7, 11) is 0. The van der Waals surface area contributed by atoms with E-state index in [1.54, 1.807) is 4.90 Å². The predicted octanol–water partition coefficient (Wildman–Crippen LogP) is 4.66. The fourth-order valence-electron chi connectivity index (χ4n) is 4.68. The number of carbonyl (C=O) groups excluding carboxylic acids is 2. The van der Waals surface area contributed by atoms with Gasteiger partial charge in [0.2, 0.25) is 5.91 Å². The van der Waals surface area contributed by atoms with Gasteiger partial charge in [0.15, 0.2) is 0 Å². The van der Waals surface area contributed by atoms with E-state index in [0.29, 0.717) is 44.3 Å². The van der Waals surface area contributed by atoms with E-state index >= 15 is 0 Å². The van der Waals surface area contributed by atoms with Crippen molar-refractivity contribution in [3.05, 3.63) is 65.9 Å². The first-order valence-electron chi connectivity index (χ1n) is 12.2. The highest BCUT2D eigenvalue weighted by Gasteiger charge is 2.47. The summed E-state index contributed by atoms with van der Waals surface area (Å²) in [6, 6.07) is 17.9. The SMILES string of the molecule is CCOc1ccc(CCN2C(=O)c3cc4ccccc4n3CC2(C)C(=O)NCCC(C)C)cc1. The van der Waals surface area contributed by atoms with Gasteiger partial charge in [-0.25, -0.2) is 0 Å². The second-order valence-electron chi connectivity index (χ2n) is 9.67. The topological polar surface area (TPSA) is 63.6 Å². The molecule has 0 aliphatic carbocycles. The standard InChI is InChI=1S/C28H35N3O3/c1-5-34-23-12-10-21(11-13-23)15-17-31-26(32)25-18-22-8-6-7-9-24(22)30(25)19-28(31,4)27(33)29-16-14-20(2)3/h6-13,18,20H,5,14-17,19H2,1-4H3,(H,29,33). The molecule has 3 aromatic rings. The Labute approximate surface area is 201 Å². The van der Waals surface area contributed by atoms with E-state index in [-0.39, 0.29) is 11.8 Å². The first-order chi connectivity index (χ1) is 16.3. The van der Waals surface area contributed by atoms with Gasteiger partial charge in [-0.05, 0) is 62.4 Å². The van der Waals surface area contributed by atoms with Gasteiger partial charge in [-0.15, -0.1) is 0 Å². The number of fused-ring (bicyclic) bond motifs is 3. The van der Waals surface area contributed by atoms with Crippen molar-refractivity contribution in [1.29, 1.82) is 0 Å². The fourth-order valence-corrected chi connectivity index (χ4v) is 4.68. The lowest BCUT2D eigenvalue weighted by molar-refractivity contribution is -0.132. The van der Waals surface area contributed by atoms with Crippen LogP contribution in [-0.2, 0) is 17.8 Å². The van der Waals surface area contributed by atoms with Crippen LogP contribution in [0.5, 0.6) is 5.75 Å². The normalized spacial score (nSPS) is 17.8. The molecule has 1 aromatic heterocycles. The Bertz CT molecular complexity index is 1170. The van der Waals surface area contributed by atoms with E-state index in [0.717, 1.165) is 28.6 Å². The van der Waals surface area contributed by atoms with Gasteiger partial charge < -0.3 is 19.5 Å². The molecule has 1 unspecified atom stereocenters. The maximum absolute atomic E-state index is 13.8. The van der Waals surface area contributed by atoms with Crippen LogP contribution in [0.25, 0.3) is 10.9 Å². The number of carbonyl (C=O) groups is 2. The van der Waals surface area contributed by atoms with Crippen molar-refractivity contribution in [3.63, 3.8) is 0 Å². The summed E-state index contributed by atoms with van der Waals surface area (Å²) in [6.45, 7) is 10.2. The number of ether oxygens (including phenoxy) is 1. The third-order valence-electron chi connectivity index (χ3n) is 6.69. The quantitative estimate of drug-likeness (QED) is 0.504. The Hall–Kier alpha value is -3.28. The molecule has 2 heterocycles. The Morgan fingerprint density at radius 1 is 1.15 bits per heavy atom. The van der Waals surface area contributed by atoms with Crippen LogP contribution in [0.2, 0.25) is 0 Å². The number of amides is 2. The highest BCUT2D eigenvalue weighted by molar-refractivity contribution is 6.03. The van der Waals surface area contributed by atoms with Gasteiger partial charge in [-0.1, -0.05) is 44.2 Å². The van der Waals surface area contributed by atoms with Crippen LogP contribution in [0, 0.1) is 5.92 Å². The minimum absolute atomic E-state index is 0.100. The van der Waals surface area contributed by atoms with Gasteiger partial charge in [0.05, 0.1) is 13.2 Å². The lowest BCUT2D eigenvalue weighted by Crippen LogP contribution is -2.64. The number of hydrogen-bond acceptors (Lipinski definition) is 3. The zero-order chi connectivity index (χ0) is 24.3. The number of nitrogens with zero attached hydrogens (tertiary/aromatic N) is 2. The molecule has 34 heavy (non-hydrogen) atoms. The third kappa shape index (κ3) is 4.67. The Balaban J connectivity index is 1.62. The van der Waals surface area contributed by atoms with E-state index < -0.39 is 5.54 Å². The van der Waals surface area contributed by atoms with Gasteiger partial charge in [0.1, 0.15) is 17.0 Å². The molecule has 0 saturated heterocycles. The van der Waals surface area contributed by atoms with Gasteiger partial charge in [0, 0.05) is 24.0 Å². The molecule has 2 amide bonds. The Morgan fingerprint density at radius 2 is 1.88 bits per heavy atom. The molecule has 0 fully saturated rings. The summed E-state index contributed by atoms with van der Waals surface area (Å²) in [5.41, 5.74) is 1.75. The molecule has 1 atom stereocenters. The highest BCUT2D eigenvalue weighted by Crippen LogP contribution is 2.32. The number of benzene rings is 2. The molecule has 1 aliphatic heterocycles. The molecule has 6 heteroatoms. The minimum atomic E-state index is -0.978. The maximum Gasteiger partial charge on any atom is 0.271 e. The molecule has 1 aliphatic rings. The first kappa shape index (κ1) is 23.9. The van der Waals surface area contributed by atoms with Crippen molar-refractivity contribution in [2.24, 2.45) is 5.92 Å². The van der Waals surface area contributed by atoms with Crippen LogP contribution in [0.1, 0.15) is 50.2 Å². The van der Waals surface area contributed by atoms with Crippen LogP contribution in [0.15, 0.2) is 54.6 Å². The molecular weight excluding hydrogens is 426 g/mol. The van der Waals surface area contributed by atoms with Gasteiger partial charge in [-0.2, -0.15) is 0 Å². The highest BCUT2D eigenvalue weighted by atomic mass is 16.5. The molecule has 6 nitrogen and oxygen atoms in total. The van der Waals surface area contributed by atoms with Crippen LogP contribution < -0.4 is 10.1 Å². The van der Waals surface area contributed by atoms with Crippen molar-refractivity contribution in [3.8, 4) is 5.75 Å². The molecule has 4 rings (SSSR count). The van der Waals surface area contributed by atoms with Crippen LogP contribution in [0.3, 0.4) is 0 Å². The average Bonchev–Trinajstić information content (AvgIpc) is 3.18. The van der Waals surface area contributed by atoms with Crippen molar-refractivity contribution in [2.75, 3.05) is 19.7 Å². The van der Waals surface area contributed by atoms with Gasteiger partial charge in [-0.3, -0.25) is 9.59 Å². The average molecular weight is 462 g/mol. The lowest BCUT2D eigenvalue weighted by Gasteiger charge is -2.44. The minimum Gasteiger partial charge on any atom is -0.494 e. The Kier molecular flexibility index (Phi) is 6.96. The van der Waals surface area contributed by atoms with Crippen molar-refractivity contribution in [1.82, 2.24) is 14.8 Å². The van der Waals surface area contributed by atoms with E-state index in [2.05, 4.69) is 19.2 Å². The first-order valence-corrected chi connectivity index (χ1v) is 12.2. The Morgan fingerprint density at radius 3 is 2.59 bits per heavy atom. The van der Waals surface area contributed by atoms with Crippen molar-refractivity contribution >= 4 is 22.7 Å². The molecule has 2 aromatic carbocycles. The summed E-state index contributed by atoms with van der Waals surface area (Å²) in [5.74, 6) is 1.13. The van der Waals surface area contributed by atoms with Gasteiger partial charge >= 0.3 is 0 Å². The molecule has 0 saturated carbocycles. The van der Waals surface area contributed by atoms with E-state index in [9.17, 15) is 9.59 Å². The zero-order valence-electron chi connectivity index (χ0n) is 20.6. The number of nitrogens with one attached hydrogen (secondary N) is 1. The third-order valence-corrected chi connectivity index (χ3v) is 6.69. The summed E-state index contributed by atoms with van der Waals surface area (Å²) in [5, 5.41) is 4.12. The number of para-hydroxylation sites is 1. The fraction of sp³-hybridized carbons (Fsp3) is 0.429. The number of rotatable bonds is 9. The molecule has 1 N–H and O–H groups in total. The zero-order valence-corrected chi connectivity index (χ0v) is 20.6. The van der Waals surface area contributed by atoms with Crippen molar-refractivity contribution in [2.45, 2.75) is 52.6 Å². The van der Waals surface area contributed by atoms with Crippen LogP contribution in [-0.4, -0.2) is 46.5 Å². The predicted molar refractivity (Wildman–Crippen MR) is 135 cm³/mol. The summed E-state index contributed by atoms with van der Waals surface area (Å²) >= 11 is 0. The monoisotopic (exact) mass is 461 g/mol. The molecular formula is C28H35N3O3. The summed E-state index contributed by atoms with van der Waals surface area (Å²) in [6.07, 6.45) is 1.56. The maximum atomic E-state index is 13.8. The van der Waals surface area contributed by atoms with E-state index in [1.807, 2.05) is 73.0 Å². The van der Waals surface area contributed by atoms with Gasteiger partial charge in [0.25, 0.3) is 5.91 Å². The second-order valence-corrected chi connectivity index (χ2v) is 9.67. The molecule has 0 spiro atoms. The van der Waals surface area contributed by atoms with E-state index in [4.69, 9.17) is 4.74 Å². The second kappa shape index (κ2) is 9.92. The lowest BCUT2D eigenvalue weighted by atomic mass is 9.93. The van der Waals surface area contributed by atoms with Crippen LogP contribution in [0.4, 0.5) is 0 Å². The molecule has 0 radical (unpaired) electrons.